The Morgan fingerprint density at radius 1 is 1.50 bits per heavy atom. The number of halogens is 1. The summed E-state index contributed by atoms with van der Waals surface area (Å²) in [6.45, 7) is -0.0473. The van der Waals surface area contributed by atoms with Crippen LogP contribution in [0.1, 0.15) is 0 Å². The summed E-state index contributed by atoms with van der Waals surface area (Å²) in [5.74, 6) is -0.329. The van der Waals surface area contributed by atoms with Crippen LogP contribution in [0.25, 0.3) is 0 Å². The molecule has 0 fully saturated rings. The minimum Gasteiger partial charge on any atom is -0.397 e. The molecule has 7 heteroatoms. The van der Waals surface area contributed by atoms with Crippen molar-refractivity contribution in [3.8, 4) is 0 Å². The highest BCUT2D eigenvalue weighted by Crippen LogP contribution is 2.22. The lowest BCUT2D eigenvalue weighted by atomic mass is 10.2. The lowest BCUT2D eigenvalue weighted by Gasteiger charge is -2.08. The van der Waals surface area contributed by atoms with Gasteiger partial charge in [0.05, 0.1) is 11.4 Å². The van der Waals surface area contributed by atoms with Crippen molar-refractivity contribution in [3.63, 3.8) is 0 Å². The van der Waals surface area contributed by atoms with Crippen LogP contribution >= 0.6 is 22.9 Å². The number of hydrogen-bond acceptors (Lipinski definition) is 4. The molecule has 3 N–H and O–H groups in total. The average Bonchev–Trinajstić information content (AvgIpc) is 2.70. The molecule has 2 aromatic rings. The molecule has 0 saturated carbocycles. The molecule has 0 spiro atoms. The molecule has 0 saturated heterocycles. The second-order valence-electron chi connectivity index (χ2n) is 3.58. The van der Waals surface area contributed by atoms with Gasteiger partial charge in [-0.25, -0.2) is 0 Å². The van der Waals surface area contributed by atoms with Crippen LogP contribution in [0.5, 0.6) is 0 Å². The van der Waals surface area contributed by atoms with Crippen LogP contribution in [-0.2, 0) is 11.3 Å². The number of nitrogens with zero attached hydrogens (tertiary/aromatic N) is 1. The highest BCUT2D eigenvalue weighted by atomic mass is 35.5. The van der Waals surface area contributed by atoms with Gasteiger partial charge < -0.3 is 11.1 Å². The topological polar surface area (TPSA) is 77.1 Å². The summed E-state index contributed by atoms with van der Waals surface area (Å²) in [7, 11) is 0. The zero-order valence-corrected chi connectivity index (χ0v) is 10.8. The van der Waals surface area contributed by atoms with E-state index in [0.717, 1.165) is 11.3 Å². The number of carbonyl (C=O) groups excluding carboxylic acids is 1. The summed E-state index contributed by atoms with van der Waals surface area (Å²) in [6.07, 6.45) is 1.56. The summed E-state index contributed by atoms with van der Waals surface area (Å²) < 4.78 is 1.32. The van der Waals surface area contributed by atoms with Gasteiger partial charge in [0.25, 0.3) is 0 Å². The van der Waals surface area contributed by atoms with E-state index in [0.29, 0.717) is 16.4 Å². The lowest BCUT2D eigenvalue weighted by molar-refractivity contribution is -0.116. The smallest absolute Gasteiger partial charge is 0.307 e. The Kier molecular flexibility index (Phi) is 3.69. The Bertz CT molecular complexity index is 635. The molecule has 1 aromatic heterocycles. The molecule has 1 amide bonds. The minimum atomic E-state index is -0.329. The molecule has 0 atom stereocenters. The zero-order chi connectivity index (χ0) is 13.1. The number of nitrogens with two attached hydrogens (primary N) is 1. The van der Waals surface area contributed by atoms with E-state index in [-0.39, 0.29) is 17.3 Å². The summed E-state index contributed by atoms with van der Waals surface area (Å²) in [5.41, 5.74) is 6.56. The SMILES string of the molecule is Nc1ccc(Cl)cc1NC(=O)Cn1ccsc1=O. The van der Waals surface area contributed by atoms with Gasteiger partial charge in [0.2, 0.25) is 5.91 Å². The Hall–Kier alpha value is -1.79. The van der Waals surface area contributed by atoms with Crippen molar-refractivity contribution in [1.29, 1.82) is 0 Å². The van der Waals surface area contributed by atoms with Crippen LogP contribution in [0.4, 0.5) is 11.4 Å². The first-order valence-corrected chi connectivity index (χ1v) is 6.31. The van der Waals surface area contributed by atoms with Crippen molar-refractivity contribution in [3.05, 3.63) is 44.5 Å². The monoisotopic (exact) mass is 283 g/mol. The van der Waals surface area contributed by atoms with Crippen molar-refractivity contribution in [2.45, 2.75) is 6.54 Å². The van der Waals surface area contributed by atoms with E-state index < -0.39 is 0 Å². The molecule has 1 heterocycles. The molecule has 0 unspecified atom stereocenters. The van der Waals surface area contributed by atoms with Crippen LogP contribution in [0, 0.1) is 0 Å². The maximum Gasteiger partial charge on any atom is 0.307 e. The first kappa shape index (κ1) is 12.7. The second-order valence-corrected chi connectivity index (χ2v) is 4.87. The molecule has 5 nitrogen and oxygen atoms in total. The highest BCUT2D eigenvalue weighted by Gasteiger charge is 2.08. The average molecular weight is 284 g/mol. The third-order valence-corrected chi connectivity index (χ3v) is 3.18. The first-order valence-electron chi connectivity index (χ1n) is 5.05. The van der Waals surface area contributed by atoms with Gasteiger partial charge in [-0.2, -0.15) is 0 Å². The fourth-order valence-electron chi connectivity index (χ4n) is 1.39. The van der Waals surface area contributed by atoms with E-state index in [1.807, 2.05) is 0 Å². The third kappa shape index (κ3) is 2.91. The lowest BCUT2D eigenvalue weighted by Crippen LogP contribution is -2.24. The normalized spacial score (nSPS) is 10.3. The molecular weight excluding hydrogens is 274 g/mol. The number of nitrogens with one attached hydrogen (secondary N) is 1. The van der Waals surface area contributed by atoms with Crippen molar-refractivity contribution >= 4 is 40.2 Å². The number of rotatable bonds is 3. The van der Waals surface area contributed by atoms with E-state index in [9.17, 15) is 9.59 Å². The van der Waals surface area contributed by atoms with Crippen LogP contribution in [0.15, 0.2) is 34.6 Å². The Morgan fingerprint density at radius 3 is 2.94 bits per heavy atom. The van der Waals surface area contributed by atoms with Gasteiger partial charge in [-0.3, -0.25) is 14.2 Å². The number of hydrogen-bond donors (Lipinski definition) is 2. The van der Waals surface area contributed by atoms with Crippen LogP contribution in [0.2, 0.25) is 5.02 Å². The van der Waals surface area contributed by atoms with Crippen LogP contribution in [-0.4, -0.2) is 10.5 Å². The second kappa shape index (κ2) is 5.24. The standard InChI is InChI=1S/C11H10ClN3O2S/c12-7-1-2-8(13)9(5-7)14-10(16)6-15-3-4-18-11(15)17/h1-5H,6,13H2,(H,14,16). The van der Waals surface area contributed by atoms with Gasteiger partial charge in [-0.15, -0.1) is 0 Å². The number of nitrogen functional groups attached to an aromatic ring is 1. The molecule has 0 aliphatic heterocycles. The molecule has 94 valence electrons. The number of thiazole rings is 1. The highest BCUT2D eigenvalue weighted by molar-refractivity contribution is 7.07. The predicted molar refractivity (Wildman–Crippen MR) is 73.1 cm³/mol. The Balaban J connectivity index is 2.10. The summed E-state index contributed by atoms with van der Waals surface area (Å²) in [4.78, 5) is 22.8. The van der Waals surface area contributed by atoms with Crippen molar-refractivity contribution in [2.24, 2.45) is 0 Å². The molecule has 0 aliphatic rings. The van der Waals surface area contributed by atoms with E-state index >= 15 is 0 Å². The summed E-state index contributed by atoms with van der Waals surface area (Å²) in [6, 6.07) is 4.80. The van der Waals surface area contributed by atoms with Crippen molar-refractivity contribution in [2.75, 3.05) is 11.1 Å². The quantitative estimate of drug-likeness (QED) is 0.843. The van der Waals surface area contributed by atoms with Crippen LogP contribution in [0.3, 0.4) is 0 Å². The number of anilines is 2. The molecule has 2 rings (SSSR count). The Morgan fingerprint density at radius 2 is 2.28 bits per heavy atom. The summed E-state index contributed by atoms with van der Waals surface area (Å²) in [5, 5.41) is 4.72. The first-order chi connectivity index (χ1) is 8.56. The van der Waals surface area contributed by atoms with Crippen LogP contribution < -0.4 is 15.9 Å². The minimum absolute atomic E-state index is 0.0473. The largest absolute Gasteiger partial charge is 0.397 e. The fraction of sp³-hybridized carbons (Fsp3) is 0.0909. The fourth-order valence-corrected chi connectivity index (χ4v) is 2.15. The summed E-state index contributed by atoms with van der Waals surface area (Å²) >= 11 is 6.85. The zero-order valence-electron chi connectivity index (χ0n) is 9.22. The molecule has 0 radical (unpaired) electrons. The molecule has 0 bridgehead atoms. The number of benzene rings is 1. The van der Waals surface area contributed by atoms with Crippen molar-refractivity contribution in [1.82, 2.24) is 4.57 Å². The van der Waals surface area contributed by atoms with E-state index in [1.165, 1.54) is 4.57 Å². The maximum atomic E-state index is 11.7. The Labute approximate surface area is 112 Å². The van der Waals surface area contributed by atoms with E-state index in [1.54, 1.807) is 29.8 Å². The van der Waals surface area contributed by atoms with Gasteiger partial charge in [-0.05, 0) is 18.2 Å². The molecule has 0 aliphatic carbocycles. The third-order valence-electron chi connectivity index (χ3n) is 2.25. The van der Waals surface area contributed by atoms with Gasteiger partial charge in [0.15, 0.2) is 0 Å². The van der Waals surface area contributed by atoms with Gasteiger partial charge in [-0.1, -0.05) is 22.9 Å². The predicted octanol–water partition coefficient (Wildman–Crippen LogP) is 1.78. The molecule has 1 aromatic carbocycles. The number of carbonyl (C=O) groups is 1. The van der Waals surface area contributed by atoms with Gasteiger partial charge in [0.1, 0.15) is 6.54 Å². The molecule has 18 heavy (non-hydrogen) atoms. The maximum absolute atomic E-state index is 11.7. The number of aromatic nitrogens is 1. The van der Waals surface area contributed by atoms with Gasteiger partial charge in [0, 0.05) is 16.6 Å². The van der Waals surface area contributed by atoms with Crippen molar-refractivity contribution < 1.29 is 4.79 Å². The van der Waals surface area contributed by atoms with E-state index in [2.05, 4.69) is 5.32 Å². The molecular formula is C11H10ClN3O2S. The number of amides is 1. The van der Waals surface area contributed by atoms with E-state index in [4.69, 9.17) is 17.3 Å². The van der Waals surface area contributed by atoms with Gasteiger partial charge >= 0.3 is 4.87 Å².